The van der Waals surface area contributed by atoms with E-state index in [1.807, 2.05) is 6.92 Å². The van der Waals surface area contributed by atoms with E-state index in [2.05, 4.69) is 5.32 Å². The fourth-order valence-electron chi connectivity index (χ4n) is 2.49. The van der Waals surface area contributed by atoms with Crippen LogP contribution in [0.4, 0.5) is 0 Å². The van der Waals surface area contributed by atoms with Gasteiger partial charge in [0.1, 0.15) is 6.04 Å². The molecule has 0 bridgehead atoms. The summed E-state index contributed by atoms with van der Waals surface area (Å²) in [6.07, 6.45) is 0.856. The lowest BCUT2D eigenvalue weighted by Gasteiger charge is -2.36. The second-order valence-corrected chi connectivity index (χ2v) is 5.22. The second-order valence-electron chi connectivity index (χ2n) is 5.22. The minimum absolute atomic E-state index is 0.102. The van der Waals surface area contributed by atoms with Crippen LogP contribution in [0.3, 0.4) is 0 Å². The maximum Gasteiger partial charge on any atom is 0.245 e. The minimum atomic E-state index is -0.560. The molecule has 0 saturated carbocycles. The minimum Gasteiger partial charge on any atom is -0.379 e. The van der Waals surface area contributed by atoms with Gasteiger partial charge in [-0.3, -0.25) is 9.59 Å². The Morgan fingerprint density at radius 3 is 2.75 bits per heavy atom. The Labute approximate surface area is 118 Å². The van der Waals surface area contributed by atoms with Gasteiger partial charge in [-0.15, -0.1) is 0 Å². The van der Waals surface area contributed by atoms with Crippen molar-refractivity contribution in [3.63, 3.8) is 0 Å². The van der Waals surface area contributed by atoms with E-state index in [-0.39, 0.29) is 30.4 Å². The van der Waals surface area contributed by atoms with Gasteiger partial charge in [-0.05, 0) is 6.42 Å². The van der Waals surface area contributed by atoms with Crippen LogP contribution in [0.15, 0.2) is 0 Å². The molecule has 3 unspecified atom stereocenters. The normalized spacial score (nSPS) is 30.3. The summed E-state index contributed by atoms with van der Waals surface area (Å²) in [5, 5.41) is 2.81. The van der Waals surface area contributed by atoms with E-state index in [1.54, 1.807) is 4.90 Å². The van der Waals surface area contributed by atoms with Crippen molar-refractivity contribution < 1.29 is 19.1 Å². The van der Waals surface area contributed by atoms with E-state index in [4.69, 9.17) is 15.2 Å². The molecule has 7 nitrogen and oxygen atoms in total. The number of morpholine rings is 1. The molecular formula is C13H23N3O4. The summed E-state index contributed by atoms with van der Waals surface area (Å²) in [5.41, 5.74) is 5.88. The Morgan fingerprint density at radius 2 is 2.10 bits per heavy atom. The number of hydrogen-bond donors (Lipinski definition) is 2. The zero-order chi connectivity index (χ0) is 14.5. The number of nitrogens with two attached hydrogens (primary N) is 1. The van der Waals surface area contributed by atoms with Gasteiger partial charge in [-0.1, -0.05) is 6.92 Å². The Bertz CT molecular complexity index is 364. The zero-order valence-corrected chi connectivity index (χ0v) is 11.8. The van der Waals surface area contributed by atoms with Crippen LogP contribution in [-0.2, 0) is 19.1 Å². The molecule has 0 aromatic carbocycles. The first-order valence-corrected chi connectivity index (χ1v) is 7.14. The van der Waals surface area contributed by atoms with Gasteiger partial charge >= 0.3 is 0 Å². The van der Waals surface area contributed by atoms with E-state index in [0.717, 1.165) is 6.42 Å². The Hall–Kier alpha value is -1.18. The first-order chi connectivity index (χ1) is 9.65. The molecular weight excluding hydrogens is 262 g/mol. The monoisotopic (exact) mass is 285 g/mol. The molecule has 2 heterocycles. The van der Waals surface area contributed by atoms with Crippen molar-refractivity contribution in [1.82, 2.24) is 10.2 Å². The fraction of sp³-hybridized carbons (Fsp3) is 0.846. The van der Waals surface area contributed by atoms with Crippen molar-refractivity contribution in [1.29, 1.82) is 0 Å². The molecule has 0 aromatic heterocycles. The van der Waals surface area contributed by atoms with Gasteiger partial charge in [0.05, 0.1) is 32.3 Å². The zero-order valence-electron chi connectivity index (χ0n) is 11.8. The Balaban J connectivity index is 2.02. The first kappa shape index (κ1) is 15.2. The van der Waals surface area contributed by atoms with Crippen LogP contribution in [-0.4, -0.2) is 68.3 Å². The molecule has 3 N–H and O–H groups in total. The molecule has 20 heavy (non-hydrogen) atoms. The van der Waals surface area contributed by atoms with E-state index in [9.17, 15) is 9.59 Å². The topological polar surface area (TPSA) is 93.9 Å². The van der Waals surface area contributed by atoms with Crippen molar-refractivity contribution in [2.45, 2.75) is 25.4 Å². The van der Waals surface area contributed by atoms with Gasteiger partial charge in [-0.2, -0.15) is 0 Å². The van der Waals surface area contributed by atoms with Crippen LogP contribution in [0, 0.1) is 5.92 Å². The lowest BCUT2D eigenvalue weighted by atomic mass is 10.0. The summed E-state index contributed by atoms with van der Waals surface area (Å²) >= 11 is 0. The average Bonchev–Trinajstić information content (AvgIpc) is 2.90. The van der Waals surface area contributed by atoms with Crippen LogP contribution in [0.1, 0.15) is 13.3 Å². The summed E-state index contributed by atoms with van der Waals surface area (Å²) in [4.78, 5) is 26.2. The van der Waals surface area contributed by atoms with Gasteiger partial charge in [-0.25, -0.2) is 0 Å². The summed E-state index contributed by atoms with van der Waals surface area (Å²) in [6.45, 7) is 4.43. The van der Waals surface area contributed by atoms with Gasteiger partial charge in [0.15, 0.2) is 0 Å². The SMILES string of the molecule is CCCNC(=O)C1COCCN1C(=O)C1COCC1N. The van der Waals surface area contributed by atoms with Crippen LogP contribution in [0.25, 0.3) is 0 Å². The number of carbonyl (C=O) groups excluding carboxylic acids is 2. The number of nitrogens with zero attached hydrogens (tertiary/aromatic N) is 1. The molecule has 2 saturated heterocycles. The molecule has 114 valence electrons. The molecule has 0 radical (unpaired) electrons. The molecule has 2 fully saturated rings. The van der Waals surface area contributed by atoms with Crippen molar-refractivity contribution in [2.24, 2.45) is 11.7 Å². The van der Waals surface area contributed by atoms with Crippen LogP contribution >= 0.6 is 0 Å². The number of amides is 2. The molecule has 2 aliphatic heterocycles. The Kier molecular flexibility index (Phi) is 5.33. The fourth-order valence-corrected chi connectivity index (χ4v) is 2.49. The third-order valence-electron chi connectivity index (χ3n) is 3.71. The summed E-state index contributed by atoms with van der Waals surface area (Å²) < 4.78 is 10.6. The van der Waals surface area contributed by atoms with E-state index >= 15 is 0 Å². The largest absolute Gasteiger partial charge is 0.379 e. The van der Waals surface area contributed by atoms with Gasteiger partial charge in [0.25, 0.3) is 0 Å². The summed E-state index contributed by atoms with van der Waals surface area (Å²) in [6, 6.07) is -0.847. The summed E-state index contributed by atoms with van der Waals surface area (Å²) in [5.74, 6) is -0.614. The van der Waals surface area contributed by atoms with E-state index in [1.165, 1.54) is 0 Å². The molecule has 7 heteroatoms. The molecule has 3 atom stereocenters. The standard InChI is InChI=1S/C13H23N3O4/c1-2-3-15-12(17)11-8-19-5-4-16(11)13(18)9-6-20-7-10(9)14/h9-11H,2-8,14H2,1H3,(H,15,17). The Morgan fingerprint density at radius 1 is 1.30 bits per heavy atom. The quantitative estimate of drug-likeness (QED) is 0.670. The molecule has 2 aliphatic rings. The van der Waals surface area contributed by atoms with Crippen molar-refractivity contribution in [3.8, 4) is 0 Å². The maximum absolute atomic E-state index is 12.5. The van der Waals surface area contributed by atoms with Crippen molar-refractivity contribution >= 4 is 11.8 Å². The number of nitrogens with one attached hydrogen (secondary N) is 1. The molecule has 0 spiro atoms. The molecule has 2 rings (SSSR count). The lowest BCUT2D eigenvalue weighted by molar-refractivity contribution is -0.151. The highest BCUT2D eigenvalue weighted by Crippen LogP contribution is 2.18. The average molecular weight is 285 g/mol. The summed E-state index contributed by atoms with van der Waals surface area (Å²) in [7, 11) is 0. The molecule has 0 aliphatic carbocycles. The predicted molar refractivity (Wildman–Crippen MR) is 71.9 cm³/mol. The van der Waals surface area contributed by atoms with Crippen molar-refractivity contribution in [3.05, 3.63) is 0 Å². The number of rotatable bonds is 4. The number of hydrogen-bond acceptors (Lipinski definition) is 5. The van der Waals surface area contributed by atoms with Gasteiger partial charge in [0, 0.05) is 19.1 Å². The predicted octanol–water partition coefficient (Wildman–Crippen LogP) is -1.29. The van der Waals surface area contributed by atoms with Crippen LogP contribution in [0.2, 0.25) is 0 Å². The van der Waals surface area contributed by atoms with Crippen LogP contribution in [0.5, 0.6) is 0 Å². The van der Waals surface area contributed by atoms with Crippen molar-refractivity contribution in [2.75, 3.05) is 39.5 Å². The molecule has 0 aromatic rings. The molecule has 2 amide bonds. The number of ether oxygens (including phenoxy) is 2. The third kappa shape index (κ3) is 3.28. The highest BCUT2D eigenvalue weighted by molar-refractivity contribution is 5.89. The number of carbonyl (C=O) groups is 2. The lowest BCUT2D eigenvalue weighted by Crippen LogP contribution is -2.58. The van der Waals surface area contributed by atoms with Crippen LogP contribution < -0.4 is 11.1 Å². The van der Waals surface area contributed by atoms with Gasteiger partial charge < -0.3 is 25.4 Å². The first-order valence-electron chi connectivity index (χ1n) is 7.14. The highest BCUT2D eigenvalue weighted by atomic mass is 16.5. The second kappa shape index (κ2) is 7.01. The highest BCUT2D eigenvalue weighted by Gasteiger charge is 2.40. The van der Waals surface area contributed by atoms with Gasteiger partial charge in [0.2, 0.25) is 11.8 Å². The smallest absolute Gasteiger partial charge is 0.245 e. The maximum atomic E-state index is 12.5. The third-order valence-corrected chi connectivity index (χ3v) is 3.71. The van der Waals surface area contributed by atoms with E-state index in [0.29, 0.717) is 32.9 Å². The van der Waals surface area contributed by atoms with E-state index < -0.39 is 6.04 Å².